The molecule has 1 unspecified atom stereocenters. The Labute approximate surface area is 226 Å². The molecular formula is C31H31N3O5. The van der Waals surface area contributed by atoms with Crippen LogP contribution in [0.4, 0.5) is 5.95 Å². The van der Waals surface area contributed by atoms with Crippen LogP contribution in [0.1, 0.15) is 47.7 Å². The van der Waals surface area contributed by atoms with Crippen molar-refractivity contribution in [1.29, 1.82) is 0 Å². The van der Waals surface area contributed by atoms with E-state index >= 15 is 0 Å². The van der Waals surface area contributed by atoms with Crippen LogP contribution in [-0.2, 0) is 9.59 Å². The molecule has 1 atom stereocenters. The van der Waals surface area contributed by atoms with E-state index in [1.165, 1.54) is 12.0 Å². The summed E-state index contributed by atoms with van der Waals surface area (Å²) < 4.78 is 11.4. The molecule has 8 nitrogen and oxygen atoms in total. The highest BCUT2D eigenvalue weighted by atomic mass is 16.5. The number of aromatic nitrogens is 2. The molecule has 5 rings (SSSR count). The Bertz CT molecular complexity index is 1630. The normalized spacial score (nSPS) is 16.9. The van der Waals surface area contributed by atoms with Crippen molar-refractivity contribution >= 4 is 34.4 Å². The summed E-state index contributed by atoms with van der Waals surface area (Å²) in [6.45, 7) is 9.59. The van der Waals surface area contributed by atoms with Crippen LogP contribution in [-0.4, -0.2) is 40.0 Å². The first-order valence-electron chi connectivity index (χ1n) is 12.8. The molecule has 3 aromatic carbocycles. The number of nitrogens with one attached hydrogen (secondary N) is 1. The van der Waals surface area contributed by atoms with E-state index in [1.807, 2.05) is 58.9 Å². The van der Waals surface area contributed by atoms with E-state index < -0.39 is 17.7 Å². The molecule has 4 aromatic rings. The summed E-state index contributed by atoms with van der Waals surface area (Å²) in [5.74, 6) is -0.597. The first-order chi connectivity index (χ1) is 18.6. The number of imidazole rings is 1. The van der Waals surface area contributed by atoms with Crippen LogP contribution in [0, 0.1) is 20.8 Å². The number of nitrogens with zero attached hydrogens (tertiary/aromatic N) is 2. The predicted octanol–water partition coefficient (Wildman–Crippen LogP) is 5.91. The van der Waals surface area contributed by atoms with Crippen molar-refractivity contribution in [3.8, 4) is 11.5 Å². The van der Waals surface area contributed by atoms with Crippen LogP contribution in [0.3, 0.4) is 0 Å². The quantitative estimate of drug-likeness (QED) is 0.184. The van der Waals surface area contributed by atoms with Gasteiger partial charge in [-0.1, -0.05) is 24.3 Å². The zero-order chi connectivity index (χ0) is 28.0. The zero-order valence-corrected chi connectivity index (χ0v) is 22.8. The number of anilines is 1. The lowest BCUT2D eigenvalue weighted by molar-refractivity contribution is -0.132. The van der Waals surface area contributed by atoms with E-state index in [2.05, 4.69) is 9.97 Å². The fourth-order valence-corrected chi connectivity index (χ4v) is 5.14. The molecule has 1 aromatic heterocycles. The standard InChI is InChI=1S/C31H31N3O5/c1-16(2)39-21-10-8-20(9-11-21)26-25(27(35)22-14-18(4)13-19(5)29(22)38-6)28(36)30(37)34(26)31-32-23-12-7-17(3)15-24(23)33-31/h7-16,26,35H,1-6H3,(H,32,33)/b27-25+. The number of ether oxygens (including phenoxy) is 2. The van der Waals surface area contributed by atoms with Gasteiger partial charge in [0.05, 0.1) is 41.4 Å². The first kappa shape index (κ1) is 26.0. The molecule has 1 fully saturated rings. The Balaban J connectivity index is 1.74. The zero-order valence-electron chi connectivity index (χ0n) is 22.8. The van der Waals surface area contributed by atoms with Crippen LogP contribution in [0.15, 0.2) is 60.2 Å². The highest BCUT2D eigenvalue weighted by Crippen LogP contribution is 2.43. The average Bonchev–Trinajstić information content (AvgIpc) is 3.41. The number of amides is 1. The molecule has 0 aliphatic carbocycles. The SMILES string of the molecule is COc1c(C)cc(C)cc1/C(O)=C1\C(=O)C(=O)N(c2nc3ccc(C)cc3[nH]2)C1c1ccc(OC(C)C)cc1. The third-order valence-corrected chi connectivity index (χ3v) is 6.74. The second-order valence-electron chi connectivity index (χ2n) is 10.1. The second-order valence-corrected chi connectivity index (χ2v) is 10.1. The number of fused-ring (bicyclic) bond motifs is 1. The Morgan fingerprint density at radius 3 is 2.38 bits per heavy atom. The number of methoxy groups -OCH3 is 1. The van der Waals surface area contributed by atoms with Crippen LogP contribution in [0.25, 0.3) is 16.8 Å². The number of benzene rings is 3. The summed E-state index contributed by atoms with van der Waals surface area (Å²) in [6, 6.07) is 15.6. The van der Waals surface area contributed by atoms with Crippen molar-refractivity contribution in [2.45, 2.75) is 46.8 Å². The number of hydrogen-bond donors (Lipinski definition) is 2. The number of aromatic amines is 1. The minimum absolute atomic E-state index is 0.0162. The van der Waals surface area contributed by atoms with Crippen molar-refractivity contribution in [1.82, 2.24) is 9.97 Å². The number of carbonyl (C=O) groups is 2. The lowest BCUT2D eigenvalue weighted by Crippen LogP contribution is -2.30. The number of Topliss-reactive ketones (excluding diaryl/α,β-unsaturated/α-hetero) is 1. The predicted molar refractivity (Wildman–Crippen MR) is 150 cm³/mol. The minimum Gasteiger partial charge on any atom is -0.507 e. The summed E-state index contributed by atoms with van der Waals surface area (Å²) >= 11 is 0. The van der Waals surface area contributed by atoms with Gasteiger partial charge in [-0.05, 0) is 87.2 Å². The van der Waals surface area contributed by atoms with E-state index in [4.69, 9.17) is 9.47 Å². The van der Waals surface area contributed by atoms with Gasteiger partial charge in [0.25, 0.3) is 5.78 Å². The van der Waals surface area contributed by atoms with E-state index in [9.17, 15) is 14.7 Å². The summed E-state index contributed by atoms with van der Waals surface area (Å²) in [7, 11) is 1.51. The molecule has 39 heavy (non-hydrogen) atoms. The van der Waals surface area contributed by atoms with E-state index in [-0.39, 0.29) is 23.4 Å². The van der Waals surface area contributed by atoms with Gasteiger partial charge in [-0.2, -0.15) is 0 Å². The van der Waals surface area contributed by atoms with Gasteiger partial charge in [-0.15, -0.1) is 0 Å². The maximum absolute atomic E-state index is 13.6. The van der Waals surface area contributed by atoms with E-state index in [1.54, 1.807) is 30.3 Å². The number of carbonyl (C=O) groups excluding carboxylic acids is 2. The molecule has 0 radical (unpaired) electrons. The molecule has 0 spiro atoms. The smallest absolute Gasteiger partial charge is 0.302 e. The molecule has 0 saturated carbocycles. The molecule has 1 aliphatic heterocycles. The Kier molecular flexibility index (Phi) is 6.64. The van der Waals surface area contributed by atoms with Gasteiger partial charge < -0.3 is 19.6 Å². The summed E-state index contributed by atoms with van der Waals surface area (Å²) in [5.41, 5.74) is 5.02. The molecule has 200 valence electrons. The highest BCUT2D eigenvalue weighted by Gasteiger charge is 2.48. The number of aliphatic hydroxyl groups excluding tert-OH is 1. The second kappa shape index (κ2) is 9.94. The molecule has 1 amide bonds. The molecule has 1 aliphatic rings. The summed E-state index contributed by atoms with van der Waals surface area (Å²) in [5, 5.41) is 11.7. The fourth-order valence-electron chi connectivity index (χ4n) is 5.14. The van der Waals surface area contributed by atoms with Gasteiger partial charge in [0.15, 0.2) is 0 Å². The average molecular weight is 526 g/mol. The maximum Gasteiger partial charge on any atom is 0.302 e. The highest BCUT2D eigenvalue weighted by molar-refractivity contribution is 6.51. The minimum atomic E-state index is -0.940. The number of aryl methyl sites for hydroxylation is 3. The summed E-state index contributed by atoms with van der Waals surface area (Å²) in [6.07, 6.45) is -0.0162. The number of H-pyrrole nitrogens is 1. The van der Waals surface area contributed by atoms with Crippen molar-refractivity contribution in [2.24, 2.45) is 0 Å². The number of rotatable bonds is 6. The maximum atomic E-state index is 13.6. The number of ketones is 1. The summed E-state index contributed by atoms with van der Waals surface area (Å²) in [4.78, 5) is 36.4. The van der Waals surface area contributed by atoms with Gasteiger partial charge in [-0.25, -0.2) is 4.98 Å². The van der Waals surface area contributed by atoms with Crippen LogP contribution in [0.5, 0.6) is 11.5 Å². The number of aliphatic hydroxyl groups is 1. The molecular weight excluding hydrogens is 494 g/mol. The van der Waals surface area contributed by atoms with Crippen molar-refractivity contribution in [3.05, 3.63) is 88.0 Å². The van der Waals surface area contributed by atoms with Gasteiger partial charge in [0, 0.05) is 0 Å². The first-order valence-corrected chi connectivity index (χ1v) is 12.8. The van der Waals surface area contributed by atoms with E-state index in [0.717, 1.165) is 22.2 Å². The Morgan fingerprint density at radius 2 is 1.72 bits per heavy atom. The van der Waals surface area contributed by atoms with Gasteiger partial charge >= 0.3 is 5.91 Å². The van der Waals surface area contributed by atoms with Crippen molar-refractivity contribution < 1.29 is 24.2 Å². The number of hydrogen-bond acceptors (Lipinski definition) is 6. The largest absolute Gasteiger partial charge is 0.507 e. The molecule has 2 heterocycles. The molecule has 8 heteroatoms. The lowest BCUT2D eigenvalue weighted by Gasteiger charge is -2.24. The van der Waals surface area contributed by atoms with Crippen molar-refractivity contribution in [2.75, 3.05) is 12.0 Å². The Morgan fingerprint density at radius 1 is 1.00 bits per heavy atom. The topological polar surface area (TPSA) is 105 Å². The molecule has 0 bridgehead atoms. The molecule has 1 saturated heterocycles. The van der Waals surface area contributed by atoms with Crippen molar-refractivity contribution in [3.63, 3.8) is 0 Å². The van der Waals surface area contributed by atoms with Crippen LogP contribution in [0.2, 0.25) is 0 Å². The van der Waals surface area contributed by atoms with Gasteiger partial charge in [0.2, 0.25) is 5.95 Å². The third kappa shape index (κ3) is 4.63. The fraction of sp³-hybridized carbons (Fsp3) is 0.258. The molecule has 2 N–H and O–H groups in total. The van der Waals surface area contributed by atoms with Gasteiger partial charge in [-0.3, -0.25) is 14.5 Å². The Hall–Kier alpha value is -4.59. The van der Waals surface area contributed by atoms with E-state index in [0.29, 0.717) is 28.1 Å². The monoisotopic (exact) mass is 525 g/mol. The van der Waals surface area contributed by atoms with Gasteiger partial charge in [0.1, 0.15) is 17.3 Å². The van der Waals surface area contributed by atoms with Crippen LogP contribution < -0.4 is 14.4 Å². The lowest BCUT2D eigenvalue weighted by atomic mass is 9.93. The third-order valence-electron chi connectivity index (χ3n) is 6.74. The van der Waals surface area contributed by atoms with Crippen LogP contribution >= 0.6 is 0 Å².